The van der Waals surface area contributed by atoms with Crippen molar-refractivity contribution in [2.75, 3.05) is 5.88 Å². The summed E-state index contributed by atoms with van der Waals surface area (Å²) < 4.78 is 4.86. The molecule has 1 atom stereocenters. The average molecular weight is 230 g/mol. The van der Waals surface area contributed by atoms with Gasteiger partial charge < -0.3 is 9.73 Å². The summed E-state index contributed by atoms with van der Waals surface area (Å²) in [6.07, 6.45) is 4.53. The van der Waals surface area contributed by atoms with Crippen LogP contribution in [-0.4, -0.2) is 17.3 Å². The molecular weight excluding hydrogens is 214 g/mol. The van der Waals surface area contributed by atoms with E-state index < -0.39 is 0 Å². The molecular formula is C11H16ClNO2. The molecule has 1 N–H and O–H groups in total. The lowest BCUT2D eigenvalue weighted by Gasteiger charge is -2.28. The van der Waals surface area contributed by atoms with Crippen LogP contribution in [0.3, 0.4) is 0 Å². The first-order chi connectivity index (χ1) is 7.11. The lowest BCUT2D eigenvalue weighted by molar-refractivity contribution is 0.0901. The molecule has 1 aromatic heterocycles. The zero-order valence-corrected chi connectivity index (χ0v) is 9.80. The molecule has 15 heavy (non-hydrogen) atoms. The van der Waals surface area contributed by atoms with Crippen molar-refractivity contribution in [3.05, 3.63) is 24.2 Å². The number of furan rings is 1. The summed E-state index contributed by atoms with van der Waals surface area (Å²) in [7, 11) is 0. The molecule has 1 heterocycles. The van der Waals surface area contributed by atoms with Crippen molar-refractivity contribution in [2.45, 2.75) is 32.2 Å². The first-order valence-electron chi connectivity index (χ1n) is 5.02. The second-order valence-electron chi connectivity index (χ2n) is 3.82. The number of alkyl halides is 1. The van der Waals surface area contributed by atoms with Crippen molar-refractivity contribution >= 4 is 17.5 Å². The Bertz CT molecular complexity index is 310. The molecule has 0 aliphatic heterocycles. The number of hydrogen-bond donors (Lipinski definition) is 1. The average Bonchev–Trinajstić information content (AvgIpc) is 2.71. The highest BCUT2D eigenvalue weighted by Crippen LogP contribution is 2.16. The molecule has 1 amide bonds. The van der Waals surface area contributed by atoms with Crippen molar-refractivity contribution in [3.8, 4) is 0 Å². The van der Waals surface area contributed by atoms with E-state index in [1.807, 2.05) is 13.8 Å². The van der Waals surface area contributed by atoms with E-state index in [4.69, 9.17) is 16.0 Å². The minimum atomic E-state index is -0.240. The maximum atomic E-state index is 11.7. The Kier molecular flexibility index (Phi) is 4.21. The SMILES string of the molecule is CCC(C)(CCCl)NC(=O)c1ccoc1. The van der Waals surface area contributed by atoms with Gasteiger partial charge in [0.15, 0.2) is 0 Å². The van der Waals surface area contributed by atoms with Crippen molar-refractivity contribution < 1.29 is 9.21 Å². The van der Waals surface area contributed by atoms with Crippen LogP contribution in [0.4, 0.5) is 0 Å². The molecule has 0 bridgehead atoms. The van der Waals surface area contributed by atoms with Gasteiger partial charge in [-0.1, -0.05) is 6.92 Å². The predicted molar refractivity (Wildman–Crippen MR) is 60.2 cm³/mol. The number of amides is 1. The van der Waals surface area contributed by atoms with E-state index in [0.29, 0.717) is 11.4 Å². The van der Waals surface area contributed by atoms with Crippen LogP contribution < -0.4 is 5.32 Å². The number of rotatable bonds is 5. The molecule has 1 unspecified atom stereocenters. The first-order valence-corrected chi connectivity index (χ1v) is 5.55. The molecule has 0 aliphatic rings. The normalized spacial score (nSPS) is 14.6. The zero-order valence-electron chi connectivity index (χ0n) is 9.05. The molecule has 0 aliphatic carbocycles. The summed E-state index contributed by atoms with van der Waals surface area (Å²) in [4.78, 5) is 11.7. The number of halogens is 1. The Morgan fingerprint density at radius 1 is 1.67 bits per heavy atom. The minimum Gasteiger partial charge on any atom is -0.472 e. The van der Waals surface area contributed by atoms with Crippen LogP contribution in [-0.2, 0) is 0 Å². The second kappa shape index (κ2) is 5.21. The summed E-state index contributed by atoms with van der Waals surface area (Å²) in [6, 6.07) is 1.64. The lowest BCUT2D eigenvalue weighted by Crippen LogP contribution is -2.45. The fourth-order valence-corrected chi connectivity index (χ4v) is 1.69. The Hall–Kier alpha value is -0.960. The quantitative estimate of drug-likeness (QED) is 0.789. The van der Waals surface area contributed by atoms with Gasteiger partial charge >= 0.3 is 0 Å². The van der Waals surface area contributed by atoms with E-state index in [2.05, 4.69) is 5.32 Å². The fraction of sp³-hybridized carbons (Fsp3) is 0.545. The van der Waals surface area contributed by atoms with E-state index in [-0.39, 0.29) is 11.4 Å². The molecule has 4 heteroatoms. The largest absolute Gasteiger partial charge is 0.472 e. The Balaban J connectivity index is 2.63. The van der Waals surface area contributed by atoms with Gasteiger partial charge in [0.05, 0.1) is 11.8 Å². The highest BCUT2D eigenvalue weighted by molar-refractivity contribution is 6.17. The first kappa shape index (κ1) is 12.1. The summed E-state index contributed by atoms with van der Waals surface area (Å²) in [6.45, 7) is 4.02. The molecule has 0 saturated carbocycles. The van der Waals surface area contributed by atoms with E-state index in [9.17, 15) is 4.79 Å². The maximum Gasteiger partial charge on any atom is 0.254 e. The topological polar surface area (TPSA) is 42.2 Å². The van der Waals surface area contributed by atoms with Gasteiger partial charge in [0.25, 0.3) is 5.91 Å². The summed E-state index contributed by atoms with van der Waals surface area (Å²) in [5.41, 5.74) is 0.306. The molecule has 0 radical (unpaired) electrons. The van der Waals surface area contributed by atoms with Crippen molar-refractivity contribution in [2.24, 2.45) is 0 Å². The van der Waals surface area contributed by atoms with Crippen molar-refractivity contribution in [1.82, 2.24) is 5.32 Å². The van der Waals surface area contributed by atoms with Crippen molar-refractivity contribution in [3.63, 3.8) is 0 Å². The van der Waals surface area contributed by atoms with E-state index >= 15 is 0 Å². The molecule has 1 rings (SSSR count). The summed E-state index contributed by atoms with van der Waals surface area (Å²) >= 11 is 5.70. The third-order valence-corrected chi connectivity index (χ3v) is 2.81. The molecule has 0 spiro atoms. The summed E-state index contributed by atoms with van der Waals surface area (Å²) in [5, 5.41) is 2.96. The van der Waals surface area contributed by atoms with Crippen LogP contribution in [0, 0.1) is 0 Å². The van der Waals surface area contributed by atoms with Crippen LogP contribution in [0.5, 0.6) is 0 Å². The van der Waals surface area contributed by atoms with Crippen LogP contribution >= 0.6 is 11.6 Å². The van der Waals surface area contributed by atoms with Gasteiger partial charge in [-0.3, -0.25) is 4.79 Å². The van der Waals surface area contributed by atoms with Gasteiger partial charge in [-0.05, 0) is 25.8 Å². The Morgan fingerprint density at radius 2 is 2.40 bits per heavy atom. The monoisotopic (exact) mass is 229 g/mol. The highest BCUT2D eigenvalue weighted by atomic mass is 35.5. The number of carbonyl (C=O) groups is 1. The third kappa shape index (κ3) is 3.27. The minimum absolute atomic E-state index is 0.113. The van der Waals surface area contributed by atoms with Crippen LogP contribution in [0.2, 0.25) is 0 Å². The number of nitrogens with one attached hydrogen (secondary N) is 1. The van der Waals surface area contributed by atoms with E-state index in [1.165, 1.54) is 12.5 Å². The molecule has 0 fully saturated rings. The van der Waals surface area contributed by atoms with E-state index in [0.717, 1.165) is 12.8 Å². The standard InChI is InChI=1S/C11H16ClNO2/c1-3-11(2,5-6-12)13-10(14)9-4-7-15-8-9/h4,7-8H,3,5-6H2,1-2H3,(H,13,14). The molecule has 1 aromatic rings. The van der Waals surface area contributed by atoms with Crippen LogP contribution in [0.15, 0.2) is 23.0 Å². The van der Waals surface area contributed by atoms with Gasteiger partial charge in [-0.15, -0.1) is 11.6 Å². The molecule has 84 valence electrons. The smallest absolute Gasteiger partial charge is 0.254 e. The Morgan fingerprint density at radius 3 is 2.87 bits per heavy atom. The molecule has 3 nitrogen and oxygen atoms in total. The van der Waals surface area contributed by atoms with E-state index in [1.54, 1.807) is 6.07 Å². The summed E-state index contributed by atoms with van der Waals surface area (Å²) in [5.74, 6) is 0.425. The molecule has 0 aromatic carbocycles. The van der Waals surface area contributed by atoms with Gasteiger partial charge in [0.2, 0.25) is 0 Å². The highest BCUT2D eigenvalue weighted by Gasteiger charge is 2.24. The van der Waals surface area contributed by atoms with Crippen LogP contribution in [0.1, 0.15) is 37.0 Å². The molecule has 0 saturated heterocycles. The second-order valence-corrected chi connectivity index (χ2v) is 4.20. The van der Waals surface area contributed by atoms with Gasteiger partial charge in [-0.25, -0.2) is 0 Å². The van der Waals surface area contributed by atoms with Crippen LogP contribution in [0.25, 0.3) is 0 Å². The number of hydrogen-bond acceptors (Lipinski definition) is 2. The Labute approximate surface area is 94.8 Å². The van der Waals surface area contributed by atoms with Crippen molar-refractivity contribution in [1.29, 1.82) is 0 Å². The fourth-order valence-electron chi connectivity index (χ4n) is 1.28. The maximum absolute atomic E-state index is 11.7. The predicted octanol–water partition coefficient (Wildman–Crippen LogP) is 2.81. The third-order valence-electron chi connectivity index (χ3n) is 2.63. The number of carbonyl (C=O) groups excluding carboxylic acids is 1. The zero-order chi connectivity index (χ0) is 11.3. The van der Waals surface area contributed by atoms with Gasteiger partial charge in [0.1, 0.15) is 6.26 Å². The van der Waals surface area contributed by atoms with Gasteiger partial charge in [-0.2, -0.15) is 0 Å². The van der Waals surface area contributed by atoms with Gasteiger partial charge in [0, 0.05) is 11.4 Å². The lowest BCUT2D eigenvalue weighted by atomic mass is 9.95.